The van der Waals surface area contributed by atoms with Crippen LogP contribution in [0.2, 0.25) is 0 Å². The molecule has 6 nitrogen and oxygen atoms in total. The molecule has 0 saturated carbocycles. The van der Waals surface area contributed by atoms with Crippen molar-refractivity contribution in [3.8, 4) is 5.75 Å². The van der Waals surface area contributed by atoms with Crippen molar-refractivity contribution in [1.82, 2.24) is 4.90 Å². The number of rotatable bonds is 15. The lowest BCUT2D eigenvalue weighted by molar-refractivity contribution is -0.130. The lowest BCUT2D eigenvalue weighted by Crippen LogP contribution is -2.30. The molecule has 0 fully saturated rings. The molecule has 0 radical (unpaired) electrons. The first-order chi connectivity index (χ1) is 14.7. The van der Waals surface area contributed by atoms with E-state index in [9.17, 15) is 14.4 Å². The fourth-order valence-electron chi connectivity index (χ4n) is 3.46. The molecule has 0 bridgehead atoms. The Kier molecular flexibility index (Phi) is 12.3. The topological polar surface area (TPSA) is 89.7 Å². The third-order valence-corrected chi connectivity index (χ3v) is 6.21. The summed E-state index contributed by atoms with van der Waals surface area (Å²) in [5.41, 5.74) is 6.12. The number of unbranched alkanes of at least 4 members (excludes halogenated alkanes) is 1. The molecule has 0 saturated heterocycles. The predicted molar refractivity (Wildman–Crippen MR) is 127 cm³/mol. The van der Waals surface area contributed by atoms with Gasteiger partial charge in [-0.25, -0.2) is 0 Å². The second kappa shape index (κ2) is 14.1. The van der Waals surface area contributed by atoms with E-state index in [0.29, 0.717) is 31.7 Å². The fourth-order valence-corrected chi connectivity index (χ4v) is 4.21. The van der Waals surface area contributed by atoms with Gasteiger partial charge in [-0.15, -0.1) is 0 Å². The second-order valence-electron chi connectivity index (χ2n) is 8.48. The number of benzene rings is 1. The number of hydrogen-bond acceptors (Lipinski definition) is 5. The van der Waals surface area contributed by atoms with Gasteiger partial charge in [0.2, 0.25) is 5.91 Å². The van der Waals surface area contributed by atoms with Crippen molar-refractivity contribution in [3.05, 3.63) is 29.8 Å². The van der Waals surface area contributed by atoms with Crippen LogP contribution in [0.3, 0.4) is 0 Å². The van der Waals surface area contributed by atoms with Crippen molar-refractivity contribution in [2.45, 2.75) is 70.5 Å². The van der Waals surface area contributed by atoms with E-state index in [4.69, 9.17) is 10.5 Å². The number of nitrogens with zero attached hydrogens (tertiary/aromatic N) is 1. The Labute approximate surface area is 191 Å². The molecule has 2 atom stereocenters. The largest absolute Gasteiger partial charge is 0.492 e. The number of hydrogen-bond donors (Lipinski definition) is 1. The number of amides is 2. The summed E-state index contributed by atoms with van der Waals surface area (Å²) in [4.78, 5) is 36.5. The van der Waals surface area contributed by atoms with Crippen LogP contribution in [0, 0.1) is 5.92 Å². The maximum atomic E-state index is 12.2. The summed E-state index contributed by atoms with van der Waals surface area (Å²) in [6.45, 7) is 7.13. The summed E-state index contributed by atoms with van der Waals surface area (Å²) in [6, 6.07) is 7.39. The average molecular weight is 451 g/mol. The highest BCUT2D eigenvalue weighted by Gasteiger charge is 2.27. The van der Waals surface area contributed by atoms with Gasteiger partial charge in [-0.2, -0.15) is 0 Å². The van der Waals surface area contributed by atoms with Gasteiger partial charge < -0.3 is 20.2 Å². The molecule has 0 aliphatic rings. The maximum Gasteiger partial charge on any atom is 0.277 e. The quantitative estimate of drug-likeness (QED) is 0.305. The molecule has 2 amide bonds. The van der Waals surface area contributed by atoms with Crippen molar-refractivity contribution in [3.63, 3.8) is 0 Å². The molecule has 2 N–H and O–H groups in total. The zero-order chi connectivity index (χ0) is 23.3. The van der Waals surface area contributed by atoms with E-state index in [0.717, 1.165) is 42.4 Å². The van der Waals surface area contributed by atoms with Crippen molar-refractivity contribution >= 4 is 29.2 Å². The first-order valence-electron chi connectivity index (χ1n) is 11.1. The van der Waals surface area contributed by atoms with Crippen molar-refractivity contribution < 1.29 is 19.1 Å². The average Bonchev–Trinajstić information content (AvgIpc) is 2.71. The van der Waals surface area contributed by atoms with E-state index in [1.807, 2.05) is 31.3 Å². The molecular weight excluding hydrogens is 412 g/mol. The first-order valence-corrected chi connectivity index (χ1v) is 11.9. The number of carbonyl (C=O) groups is 3. The Morgan fingerprint density at radius 2 is 1.90 bits per heavy atom. The minimum Gasteiger partial charge on any atom is -0.492 e. The summed E-state index contributed by atoms with van der Waals surface area (Å²) in [5, 5.41) is -0.570. The molecule has 31 heavy (non-hydrogen) atoms. The number of thioether (sulfide) groups is 1. The molecule has 0 aliphatic carbocycles. The Balaban J connectivity index is 2.34. The highest BCUT2D eigenvalue weighted by Crippen LogP contribution is 2.28. The number of likely N-dealkylation sites (N-methyl/N-ethyl adjacent to an activating group) is 1. The normalized spacial score (nSPS) is 13.8. The molecule has 7 heteroatoms. The number of nitrogens with two attached hydrogens (primary N) is 1. The summed E-state index contributed by atoms with van der Waals surface area (Å²) in [5.74, 6) is 1.60. The summed E-state index contributed by atoms with van der Waals surface area (Å²) in [7, 11) is 1.81. The lowest BCUT2D eigenvalue weighted by atomic mass is 9.98. The predicted octanol–water partition coefficient (Wildman–Crippen LogP) is 4.83. The number of carbonyl (C=O) groups excluding carboxylic acids is 3. The van der Waals surface area contributed by atoms with Crippen molar-refractivity contribution in [2.24, 2.45) is 11.7 Å². The first kappa shape index (κ1) is 27.0. The zero-order valence-corrected chi connectivity index (χ0v) is 20.2. The van der Waals surface area contributed by atoms with Crippen LogP contribution in [0.15, 0.2) is 24.3 Å². The van der Waals surface area contributed by atoms with Gasteiger partial charge in [-0.3, -0.25) is 9.59 Å². The third kappa shape index (κ3) is 11.2. The summed E-state index contributed by atoms with van der Waals surface area (Å²) < 4.78 is 4.86. The van der Waals surface area contributed by atoms with Crippen LogP contribution in [0.25, 0.3) is 0 Å². The highest BCUT2D eigenvalue weighted by atomic mass is 32.2. The molecular formula is C24H38N2O4S. The smallest absolute Gasteiger partial charge is 0.277 e. The van der Waals surface area contributed by atoms with E-state index in [2.05, 4.69) is 13.8 Å². The summed E-state index contributed by atoms with van der Waals surface area (Å²) >= 11 is 0.833. The van der Waals surface area contributed by atoms with Gasteiger partial charge in [0, 0.05) is 13.5 Å². The van der Waals surface area contributed by atoms with Crippen LogP contribution in [-0.4, -0.2) is 47.3 Å². The highest BCUT2D eigenvalue weighted by molar-refractivity contribution is 8.15. The van der Waals surface area contributed by atoms with Gasteiger partial charge >= 0.3 is 0 Å². The third-order valence-electron chi connectivity index (χ3n) is 5.30. The van der Waals surface area contributed by atoms with Gasteiger partial charge in [-0.1, -0.05) is 63.4 Å². The molecule has 174 valence electrons. The van der Waals surface area contributed by atoms with Crippen LogP contribution in [0.5, 0.6) is 5.75 Å². The van der Waals surface area contributed by atoms with Gasteiger partial charge in [0.1, 0.15) is 18.6 Å². The van der Waals surface area contributed by atoms with E-state index < -0.39 is 9.99 Å². The molecule has 0 aromatic heterocycles. The van der Waals surface area contributed by atoms with Crippen LogP contribution in [0.4, 0.5) is 4.79 Å². The minimum atomic E-state index is -0.884. The molecule has 0 heterocycles. The van der Waals surface area contributed by atoms with Gasteiger partial charge in [0.25, 0.3) is 5.24 Å². The standard InChI is InChI=1S/C24H38N2O4S/c1-5-8-19(2)9-6-7-10-22(28)26(4)15-16-30-21-13-11-20(12-14-21)17-24(3,18-27)31-23(25)29/h11-14,18-19H,5-10,15-17H2,1-4H3,(H2,25,29). The Hall–Kier alpha value is -2.02. The van der Waals surface area contributed by atoms with Crippen molar-refractivity contribution in [1.29, 1.82) is 0 Å². The van der Waals surface area contributed by atoms with E-state index in [-0.39, 0.29) is 5.91 Å². The monoisotopic (exact) mass is 450 g/mol. The number of ether oxygens (including phenoxy) is 1. The number of aldehydes is 1. The molecule has 0 spiro atoms. The second-order valence-corrected chi connectivity index (χ2v) is 10.0. The van der Waals surface area contributed by atoms with Gasteiger partial charge in [-0.05, 0) is 43.4 Å². The van der Waals surface area contributed by atoms with Gasteiger partial charge in [0.05, 0.1) is 11.3 Å². The SMILES string of the molecule is CCCC(C)CCCCC(=O)N(C)CCOc1ccc(CC(C)(C=O)SC(N)=O)cc1. The van der Waals surface area contributed by atoms with Gasteiger partial charge in [0.15, 0.2) is 0 Å². The zero-order valence-electron chi connectivity index (χ0n) is 19.4. The summed E-state index contributed by atoms with van der Waals surface area (Å²) in [6.07, 6.45) is 7.45. The Morgan fingerprint density at radius 3 is 2.48 bits per heavy atom. The van der Waals surface area contributed by atoms with E-state index >= 15 is 0 Å². The van der Waals surface area contributed by atoms with Crippen molar-refractivity contribution in [2.75, 3.05) is 20.2 Å². The van der Waals surface area contributed by atoms with E-state index in [1.165, 1.54) is 19.3 Å². The maximum absolute atomic E-state index is 12.2. The molecule has 1 aromatic carbocycles. The van der Waals surface area contributed by atoms with Crippen LogP contribution >= 0.6 is 11.8 Å². The Bertz CT molecular complexity index is 695. The number of primary amides is 1. The fraction of sp³-hybridized carbons (Fsp3) is 0.625. The minimum absolute atomic E-state index is 0.155. The molecule has 2 unspecified atom stereocenters. The van der Waals surface area contributed by atoms with Crippen LogP contribution in [0.1, 0.15) is 64.9 Å². The Morgan fingerprint density at radius 1 is 1.23 bits per heavy atom. The molecule has 0 aliphatic heterocycles. The van der Waals surface area contributed by atoms with E-state index in [1.54, 1.807) is 11.8 Å². The molecule has 1 rings (SSSR count). The van der Waals surface area contributed by atoms with Crippen LogP contribution < -0.4 is 10.5 Å². The molecule has 1 aromatic rings. The lowest BCUT2D eigenvalue weighted by Gasteiger charge is -2.20. The van der Waals surface area contributed by atoms with Crippen LogP contribution in [-0.2, 0) is 16.0 Å².